The van der Waals surface area contributed by atoms with Gasteiger partial charge in [-0.1, -0.05) is 55.5 Å². The molecule has 0 saturated carbocycles. The van der Waals surface area contributed by atoms with Crippen molar-refractivity contribution >= 4 is 23.2 Å². The Morgan fingerprint density at radius 3 is 2.40 bits per heavy atom. The van der Waals surface area contributed by atoms with Crippen LogP contribution in [0, 0.1) is 0 Å². The summed E-state index contributed by atoms with van der Waals surface area (Å²) in [4.78, 5) is 22.3. The van der Waals surface area contributed by atoms with E-state index in [4.69, 9.17) is 10.5 Å². The van der Waals surface area contributed by atoms with Crippen LogP contribution in [0.3, 0.4) is 0 Å². The summed E-state index contributed by atoms with van der Waals surface area (Å²) in [6.07, 6.45) is 5.45. The van der Waals surface area contributed by atoms with Crippen molar-refractivity contribution < 1.29 is 14.3 Å². The van der Waals surface area contributed by atoms with E-state index in [-0.39, 0.29) is 5.91 Å². The SMILES string of the molecule is CC/C=C(/C=C(/Cc1ccccc1)OC)C(N)=O.O=C1CCNc2ccccc2N1. The molecule has 1 aliphatic heterocycles. The Balaban J connectivity index is 0.000000230. The summed E-state index contributed by atoms with van der Waals surface area (Å²) < 4.78 is 5.29. The molecule has 1 heterocycles. The molecule has 6 heteroatoms. The molecule has 2 aromatic carbocycles. The van der Waals surface area contributed by atoms with E-state index < -0.39 is 5.91 Å². The number of methoxy groups -OCH3 is 1. The molecule has 2 amide bonds. The zero-order valence-corrected chi connectivity index (χ0v) is 17.5. The fraction of sp³-hybridized carbons (Fsp3) is 0.250. The van der Waals surface area contributed by atoms with Crippen molar-refractivity contribution in [2.24, 2.45) is 5.73 Å². The Morgan fingerprint density at radius 1 is 1.10 bits per heavy atom. The highest BCUT2D eigenvalue weighted by molar-refractivity contribution is 5.96. The monoisotopic (exact) mass is 407 g/mol. The van der Waals surface area contributed by atoms with Gasteiger partial charge in [0.15, 0.2) is 0 Å². The molecule has 0 unspecified atom stereocenters. The third kappa shape index (κ3) is 7.47. The van der Waals surface area contributed by atoms with Gasteiger partial charge in [0, 0.05) is 25.0 Å². The predicted octanol–water partition coefficient (Wildman–Crippen LogP) is 4.02. The number of allylic oxidation sites excluding steroid dienone is 2. The largest absolute Gasteiger partial charge is 0.501 e. The van der Waals surface area contributed by atoms with Crippen LogP contribution in [0.15, 0.2) is 78.1 Å². The standard InChI is InChI=1S/C15H19NO2.C9H10N2O/c1-3-7-13(15(16)17)11-14(18-2)10-12-8-5-4-6-9-12;12-9-5-6-10-7-3-1-2-4-8(7)11-9/h4-9,11H,3,10H2,1-2H3,(H2,16,17);1-4,10H,5-6H2,(H,11,12)/b13-7-,14-11-;. The molecule has 0 radical (unpaired) electrons. The topological polar surface area (TPSA) is 93.5 Å². The fourth-order valence-electron chi connectivity index (χ4n) is 2.87. The summed E-state index contributed by atoms with van der Waals surface area (Å²) in [7, 11) is 1.60. The van der Waals surface area contributed by atoms with Gasteiger partial charge in [-0.2, -0.15) is 0 Å². The number of hydrogen-bond acceptors (Lipinski definition) is 4. The number of primary amides is 1. The summed E-state index contributed by atoms with van der Waals surface area (Å²) in [5.74, 6) is 0.367. The molecule has 3 rings (SSSR count). The molecule has 0 atom stereocenters. The number of nitrogens with two attached hydrogens (primary N) is 1. The van der Waals surface area contributed by atoms with Crippen LogP contribution in [0.4, 0.5) is 11.4 Å². The normalized spacial score (nSPS) is 13.6. The molecule has 0 aliphatic carbocycles. The lowest BCUT2D eigenvalue weighted by molar-refractivity contribution is -0.116. The predicted molar refractivity (Wildman–Crippen MR) is 121 cm³/mol. The summed E-state index contributed by atoms with van der Waals surface area (Å²) in [6, 6.07) is 17.6. The van der Waals surface area contributed by atoms with E-state index in [1.165, 1.54) is 0 Å². The number of carbonyl (C=O) groups is 2. The van der Waals surface area contributed by atoms with Crippen LogP contribution in [0.1, 0.15) is 25.3 Å². The molecule has 0 saturated heterocycles. The number of para-hydroxylation sites is 2. The molecule has 0 bridgehead atoms. The van der Waals surface area contributed by atoms with Gasteiger partial charge < -0.3 is 21.1 Å². The third-order valence-electron chi connectivity index (χ3n) is 4.38. The zero-order chi connectivity index (χ0) is 21.8. The summed E-state index contributed by atoms with van der Waals surface area (Å²) in [6.45, 7) is 2.67. The summed E-state index contributed by atoms with van der Waals surface area (Å²) in [5, 5.41) is 5.99. The highest BCUT2D eigenvalue weighted by Gasteiger charge is 2.10. The Morgan fingerprint density at radius 2 is 1.77 bits per heavy atom. The smallest absolute Gasteiger partial charge is 0.248 e. The second kappa shape index (κ2) is 12.1. The van der Waals surface area contributed by atoms with Crippen LogP contribution < -0.4 is 16.4 Å². The van der Waals surface area contributed by atoms with E-state index in [9.17, 15) is 9.59 Å². The first-order valence-corrected chi connectivity index (χ1v) is 9.94. The maximum Gasteiger partial charge on any atom is 0.248 e. The van der Waals surface area contributed by atoms with E-state index in [1.54, 1.807) is 19.3 Å². The molecular weight excluding hydrogens is 378 g/mol. The van der Waals surface area contributed by atoms with Crippen LogP contribution in [0.25, 0.3) is 0 Å². The van der Waals surface area contributed by atoms with Crippen LogP contribution in [-0.4, -0.2) is 25.5 Å². The van der Waals surface area contributed by atoms with Gasteiger partial charge in [0.1, 0.15) is 5.76 Å². The van der Waals surface area contributed by atoms with Crippen molar-refractivity contribution in [3.63, 3.8) is 0 Å². The first kappa shape index (κ1) is 22.7. The Hall–Kier alpha value is -3.54. The van der Waals surface area contributed by atoms with E-state index in [0.29, 0.717) is 25.0 Å². The minimum Gasteiger partial charge on any atom is -0.501 e. The highest BCUT2D eigenvalue weighted by Crippen LogP contribution is 2.22. The van der Waals surface area contributed by atoms with Gasteiger partial charge in [-0.25, -0.2) is 0 Å². The molecule has 158 valence electrons. The van der Waals surface area contributed by atoms with E-state index in [0.717, 1.165) is 29.1 Å². The highest BCUT2D eigenvalue weighted by atomic mass is 16.5. The molecular formula is C24H29N3O3. The quantitative estimate of drug-likeness (QED) is 0.383. The minimum atomic E-state index is -0.431. The molecule has 1 aliphatic rings. The Bertz CT molecular complexity index is 905. The Labute approximate surface area is 177 Å². The second-order valence-electron chi connectivity index (χ2n) is 6.68. The molecule has 0 fully saturated rings. The van der Waals surface area contributed by atoms with E-state index >= 15 is 0 Å². The lowest BCUT2D eigenvalue weighted by atomic mass is 10.1. The minimum absolute atomic E-state index is 0.0763. The molecule has 2 aromatic rings. The van der Waals surface area contributed by atoms with Gasteiger partial charge in [-0.3, -0.25) is 9.59 Å². The molecule has 4 N–H and O–H groups in total. The maximum atomic E-state index is 11.2. The van der Waals surface area contributed by atoms with Crippen molar-refractivity contribution in [1.82, 2.24) is 0 Å². The second-order valence-corrected chi connectivity index (χ2v) is 6.68. The molecule has 0 spiro atoms. The number of hydrogen-bond donors (Lipinski definition) is 3. The van der Waals surface area contributed by atoms with E-state index in [1.807, 2.05) is 61.5 Å². The Kier molecular flexibility index (Phi) is 9.18. The van der Waals surface area contributed by atoms with Gasteiger partial charge in [-0.05, 0) is 30.2 Å². The number of nitrogens with one attached hydrogen (secondary N) is 2. The van der Waals surface area contributed by atoms with Gasteiger partial charge in [0.05, 0.1) is 18.5 Å². The summed E-state index contributed by atoms with van der Waals surface area (Å²) >= 11 is 0. The summed E-state index contributed by atoms with van der Waals surface area (Å²) in [5.41, 5.74) is 8.81. The number of carbonyl (C=O) groups excluding carboxylic acids is 2. The molecule has 0 aromatic heterocycles. The number of amides is 2. The van der Waals surface area contributed by atoms with Crippen LogP contribution in [-0.2, 0) is 20.7 Å². The van der Waals surface area contributed by atoms with Crippen LogP contribution in [0.5, 0.6) is 0 Å². The van der Waals surface area contributed by atoms with Crippen molar-refractivity contribution in [1.29, 1.82) is 0 Å². The first-order valence-electron chi connectivity index (χ1n) is 9.94. The van der Waals surface area contributed by atoms with Crippen LogP contribution >= 0.6 is 0 Å². The van der Waals surface area contributed by atoms with Gasteiger partial charge in [0.2, 0.25) is 11.8 Å². The van der Waals surface area contributed by atoms with Crippen molar-refractivity contribution in [3.05, 3.63) is 83.6 Å². The molecule has 30 heavy (non-hydrogen) atoms. The number of fused-ring (bicyclic) bond motifs is 1. The maximum absolute atomic E-state index is 11.2. The number of benzene rings is 2. The number of ether oxygens (including phenoxy) is 1. The third-order valence-corrected chi connectivity index (χ3v) is 4.38. The van der Waals surface area contributed by atoms with Crippen molar-refractivity contribution in [2.75, 3.05) is 24.3 Å². The zero-order valence-electron chi connectivity index (χ0n) is 17.5. The van der Waals surface area contributed by atoms with Gasteiger partial charge >= 0.3 is 0 Å². The van der Waals surface area contributed by atoms with Crippen molar-refractivity contribution in [3.8, 4) is 0 Å². The lowest BCUT2D eigenvalue weighted by Gasteiger charge is -2.07. The van der Waals surface area contributed by atoms with Gasteiger partial charge in [-0.15, -0.1) is 0 Å². The lowest BCUT2D eigenvalue weighted by Crippen LogP contribution is -2.13. The number of anilines is 2. The fourth-order valence-corrected chi connectivity index (χ4v) is 2.87. The first-order chi connectivity index (χ1) is 14.5. The van der Waals surface area contributed by atoms with Crippen LogP contribution in [0.2, 0.25) is 0 Å². The average molecular weight is 408 g/mol. The average Bonchev–Trinajstić information content (AvgIpc) is 2.94. The van der Waals surface area contributed by atoms with Gasteiger partial charge in [0.25, 0.3) is 0 Å². The van der Waals surface area contributed by atoms with E-state index in [2.05, 4.69) is 10.6 Å². The van der Waals surface area contributed by atoms with Crippen molar-refractivity contribution in [2.45, 2.75) is 26.2 Å². The number of rotatable bonds is 6. The molecule has 6 nitrogen and oxygen atoms in total.